The van der Waals surface area contributed by atoms with E-state index in [9.17, 15) is 0 Å². The molecule has 4 unspecified atom stereocenters. The summed E-state index contributed by atoms with van der Waals surface area (Å²) in [5, 5.41) is 0. The highest BCUT2D eigenvalue weighted by Gasteiger charge is 2.35. The molecule has 3 rings (SSSR count). The molecule has 0 amide bonds. The molecule has 1 saturated heterocycles. The summed E-state index contributed by atoms with van der Waals surface area (Å²) in [7, 11) is 0. The Hall–Kier alpha value is -0.300. The predicted octanol–water partition coefficient (Wildman–Crippen LogP) is 3.16. The van der Waals surface area contributed by atoms with Crippen LogP contribution in [0.25, 0.3) is 0 Å². The van der Waals surface area contributed by atoms with E-state index in [4.69, 9.17) is 4.74 Å². The quantitative estimate of drug-likeness (QED) is 0.624. The van der Waals surface area contributed by atoms with Crippen molar-refractivity contribution in [1.82, 2.24) is 0 Å². The van der Waals surface area contributed by atoms with Gasteiger partial charge in [-0.15, -0.1) is 0 Å². The Morgan fingerprint density at radius 3 is 2.79 bits per heavy atom. The van der Waals surface area contributed by atoms with Crippen LogP contribution in [0, 0.1) is 17.8 Å². The summed E-state index contributed by atoms with van der Waals surface area (Å²) >= 11 is 0. The van der Waals surface area contributed by atoms with Crippen LogP contribution in [0.15, 0.2) is 12.2 Å². The van der Waals surface area contributed by atoms with Crippen molar-refractivity contribution in [3.8, 4) is 0 Å². The average molecular weight is 192 g/mol. The first-order valence-electron chi connectivity index (χ1n) is 6.22. The van der Waals surface area contributed by atoms with Crippen LogP contribution < -0.4 is 0 Å². The minimum Gasteiger partial charge on any atom is -0.378 e. The maximum atomic E-state index is 5.67. The Morgan fingerprint density at radius 1 is 1.14 bits per heavy atom. The Bertz CT molecular complexity index is 227. The molecular weight excluding hydrogens is 172 g/mol. The molecule has 0 spiro atoms. The van der Waals surface area contributed by atoms with Gasteiger partial charge in [0.1, 0.15) is 0 Å². The largest absolute Gasteiger partial charge is 0.378 e. The summed E-state index contributed by atoms with van der Waals surface area (Å²) in [6.07, 6.45) is 13.8. The number of hydrogen-bond donors (Lipinski definition) is 0. The molecule has 14 heavy (non-hydrogen) atoms. The molecule has 3 aliphatic rings. The lowest BCUT2D eigenvalue weighted by Gasteiger charge is -2.19. The fraction of sp³-hybridized carbons (Fsp3) is 0.846. The van der Waals surface area contributed by atoms with Crippen LogP contribution in [0.5, 0.6) is 0 Å². The van der Waals surface area contributed by atoms with Crippen LogP contribution in [0.4, 0.5) is 0 Å². The molecule has 0 aromatic rings. The first-order chi connectivity index (χ1) is 6.92. The van der Waals surface area contributed by atoms with E-state index in [0.29, 0.717) is 6.10 Å². The van der Waals surface area contributed by atoms with E-state index in [1.165, 1.54) is 38.5 Å². The molecule has 1 aliphatic heterocycles. The molecule has 0 N–H and O–H groups in total. The van der Waals surface area contributed by atoms with Crippen molar-refractivity contribution < 1.29 is 4.74 Å². The lowest BCUT2D eigenvalue weighted by Crippen LogP contribution is -2.12. The van der Waals surface area contributed by atoms with Gasteiger partial charge in [0, 0.05) is 6.61 Å². The Labute approximate surface area is 86.5 Å². The zero-order chi connectivity index (χ0) is 9.38. The molecule has 0 radical (unpaired) electrons. The summed E-state index contributed by atoms with van der Waals surface area (Å²) < 4.78 is 5.67. The minimum atomic E-state index is 0.609. The molecule has 4 atom stereocenters. The monoisotopic (exact) mass is 192 g/mol. The molecule has 2 aliphatic carbocycles. The van der Waals surface area contributed by atoms with Crippen molar-refractivity contribution in [2.45, 2.75) is 44.6 Å². The lowest BCUT2D eigenvalue weighted by atomic mass is 9.88. The standard InChI is InChI=1S/C13H20O/c1-2-13(14-7-1)6-5-12-9-10-3-4-11(12)8-10/h3-4,10-13H,1-2,5-9H2. The van der Waals surface area contributed by atoms with Crippen LogP contribution in [0.1, 0.15) is 38.5 Å². The van der Waals surface area contributed by atoms with E-state index < -0.39 is 0 Å². The van der Waals surface area contributed by atoms with E-state index in [2.05, 4.69) is 12.2 Å². The van der Waals surface area contributed by atoms with Gasteiger partial charge in [-0.3, -0.25) is 0 Å². The van der Waals surface area contributed by atoms with Crippen LogP contribution in [0.3, 0.4) is 0 Å². The number of ether oxygens (including phenoxy) is 1. The third-order valence-corrected chi connectivity index (χ3v) is 4.30. The number of allylic oxidation sites excluding steroid dienone is 2. The SMILES string of the molecule is C1=CC2CC1CC2CCC1CCCO1. The number of rotatable bonds is 3. The van der Waals surface area contributed by atoms with Crippen molar-refractivity contribution in [3.05, 3.63) is 12.2 Å². The molecule has 1 heterocycles. The minimum absolute atomic E-state index is 0.609. The summed E-state index contributed by atoms with van der Waals surface area (Å²) in [6.45, 7) is 1.02. The Morgan fingerprint density at radius 2 is 2.14 bits per heavy atom. The predicted molar refractivity (Wildman–Crippen MR) is 57.1 cm³/mol. The van der Waals surface area contributed by atoms with Gasteiger partial charge in [-0.25, -0.2) is 0 Å². The molecular formula is C13H20O. The van der Waals surface area contributed by atoms with Crippen molar-refractivity contribution in [2.24, 2.45) is 17.8 Å². The zero-order valence-corrected chi connectivity index (χ0v) is 8.82. The topological polar surface area (TPSA) is 9.23 Å². The van der Waals surface area contributed by atoms with Gasteiger partial charge in [-0.05, 0) is 56.3 Å². The summed E-state index contributed by atoms with van der Waals surface area (Å²) in [6, 6.07) is 0. The molecule has 1 heteroatoms. The van der Waals surface area contributed by atoms with Gasteiger partial charge in [0.15, 0.2) is 0 Å². The smallest absolute Gasteiger partial charge is 0.0576 e. The number of hydrogen-bond acceptors (Lipinski definition) is 1. The van der Waals surface area contributed by atoms with E-state index >= 15 is 0 Å². The van der Waals surface area contributed by atoms with E-state index in [1.54, 1.807) is 0 Å². The molecule has 0 aromatic heterocycles. The normalized spacial score (nSPS) is 45.1. The van der Waals surface area contributed by atoms with Gasteiger partial charge < -0.3 is 4.74 Å². The van der Waals surface area contributed by atoms with Gasteiger partial charge in [0.05, 0.1) is 6.10 Å². The van der Waals surface area contributed by atoms with Crippen LogP contribution in [0.2, 0.25) is 0 Å². The molecule has 0 aromatic carbocycles. The molecule has 2 fully saturated rings. The van der Waals surface area contributed by atoms with Gasteiger partial charge in [0.25, 0.3) is 0 Å². The summed E-state index contributed by atoms with van der Waals surface area (Å²) in [5.41, 5.74) is 0. The van der Waals surface area contributed by atoms with Crippen molar-refractivity contribution >= 4 is 0 Å². The van der Waals surface area contributed by atoms with Gasteiger partial charge in [0.2, 0.25) is 0 Å². The highest BCUT2D eigenvalue weighted by molar-refractivity contribution is 5.09. The average Bonchev–Trinajstić information content (AvgIpc) is 2.91. The first kappa shape index (κ1) is 8.96. The van der Waals surface area contributed by atoms with Crippen LogP contribution in [-0.4, -0.2) is 12.7 Å². The first-order valence-corrected chi connectivity index (χ1v) is 6.22. The second kappa shape index (κ2) is 3.69. The highest BCUT2D eigenvalue weighted by atomic mass is 16.5. The van der Waals surface area contributed by atoms with Crippen molar-refractivity contribution in [3.63, 3.8) is 0 Å². The summed E-state index contributed by atoms with van der Waals surface area (Å²) in [5.74, 6) is 2.87. The second-order valence-corrected chi connectivity index (χ2v) is 5.25. The van der Waals surface area contributed by atoms with Crippen LogP contribution >= 0.6 is 0 Å². The second-order valence-electron chi connectivity index (χ2n) is 5.25. The molecule has 78 valence electrons. The van der Waals surface area contributed by atoms with Gasteiger partial charge in [-0.2, -0.15) is 0 Å². The third kappa shape index (κ3) is 1.63. The Balaban J connectivity index is 1.47. The molecule has 2 bridgehead atoms. The highest BCUT2D eigenvalue weighted by Crippen LogP contribution is 2.45. The zero-order valence-electron chi connectivity index (χ0n) is 8.82. The van der Waals surface area contributed by atoms with Crippen molar-refractivity contribution in [1.29, 1.82) is 0 Å². The van der Waals surface area contributed by atoms with E-state index in [0.717, 1.165) is 24.4 Å². The third-order valence-electron chi connectivity index (χ3n) is 4.30. The fourth-order valence-electron chi connectivity index (χ4n) is 3.50. The fourth-order valence-corrected chi connectivity index (χ4v) is 3.50. The van der Waals surface area contributed by atoms with E-state index in [-0.39, 0.29) is 0 Å². The van der Waals surface area contributed by atoms with Gasteiger partial charge in [-0.1, -0.05) is 12.2 Å². The van der Waals surface area contributed by atoms with Crippen LogP contribution in [-0.2, 0) is 4.74 Å². The molecule has 1 nitrogen and oxygen atoms in total. The lowest BCUT2D eigenvalue weighted by molar-refractivity contribution is 0.0967. The van der Waals surface area contributed by atoms with Crippen molar-refractivity contribution in [2.75, 3.05) is 6.61 Å². The summed E-state index contributed by atoms with van der Waals surface area (Å²) in [4.78, 5) is 0. The Kier molecular flexibility index (Phi) is 2.36. The maximum absolute atomic E-state index is 5.67. The maximum Gasteiger partial charge on any atom is 0.0576 e. The molecule has 1 saturated carbocycles. The van der Waals surface area contributed by atoms with Gasteiger partial charge >= 0.3 is 0 Å². The van der Waals surface area contributed by atoms with E-state index in [1.807, 2.05) is 0 Å². The number of fused-ring (bicyclic) bond motifs is 2.